The van der Waals surface area contributed by atoms with Gasteiger partial charge in [-0.25, -0.2) is 0 Å². The van der Waals surface area contributed by atoms with Crippen LogP contribution in [-0.2, 0) is 15.7 Å². The van der Waals surface area contributed by atoms with Crippen LogP contribution in [0.4, 0.5) is 13.2 Å². The van der Waals surface area contributed by atoms with E-state index in [4.69, 9.17) is 9.15 Å². The molecule has 1 N–H and O–H groups in total. The van der Waals surface area contributed by atoms with E-state index < -0.39 is 29.4 Å². The van der Waals surface area contributed by atoms with Gasteiger partial charge in [-0.3, -0.25) is 9.59 Å². The maximum atomic E-state index is 13.1. The minimum absolute atomic E-state index is 0.0431. The molecule has 0 bridgehead atoms. The molecule has 5 nitrogen and oxygen atoms in total. The van der Waals surface area contributed by atoms with E-state index in [1.807, 2.05) is 0 Å². The number of hydrogen-bond acceptors (Lipinski definition) is 4. The second kappa shape index (κ2) is 5.69. The topological polar surface area (TPSA) is 68.5 Å². The molecule has 1 fully saturated rings. The van der Waals surface area contributed by atoms with E-state index in [0.717, 1.165) is 0 Å². The Morgan fingerprint density at radius 1 is 1.26 bits per heavy atom. The fourth-order valence-corrected chi connectivity index (χ4v) is 2.46. The zero-order valence-electron chi connectivity index (χ0n) is 11.8. The van der Waals surface area contributed by atoms with Crippen molar-refractivity contribution in [3.63, 3.8) is 0 Å². The highest BCUT2D eigenvalue weighted by Crippen LogP contribution is 2.38. The van der Waals surface area contributed by atoms with Crippen molar-refractivity contribution in [2.24, 2.45) is 0 Å². The largest absolute Gasteiger partial charge is 0.451 e. The number of para-hydroxylation sites is 1. The SMILES string of the molecule is O=C(NC1COCCC1=O)c1c(C(F)(F)F)oc2ccccc12. The Labute approximate surface area is 128 Å². The number of rotatable bonds is 2. The number of Topliss-reactive ketones (excluding diaryl/α,β-unsaturated/α-hetero) is 1. The molecule has 1 amide bonds. The number of carbonyl (C=O) groups is 2. The molecule has 0 saturated carbocycles. The Morgan fingerprint density at radius 2 is 2.00 bits per heavy atom. The minimum atomic E-state index is -4.82. The van der Waals surface area contributed by atoms with Gasteiger partial charge in [-0.1, -0.05) is 18.2 Å². The molecule has 1 aromatic heterocycles. The Morgan fingerprint density at radius 3 is 2.70 bits per heavy atom. The minimum Gasteiger partial charge on any atom is -0.451 e. The van der Waals surface area contributed by atoms with Crippen molar-refractivity contribution in [3.05, 3.63) is 35.6 Å². The van der Waals surface area contributed by atoms with E-state index in [2.05, 4.69) is 5.32 Å². The molecule has 8 heteroatoms. The number of ketones is 1. The first kappa shape index (κ1) is 15.5. The number of hydrogen-bond donors (Lipinski definition) is 1. The third-order valence-corrected chi connectivity index (χ3v) is 3.55. The van der Waals surface area contributed by atoms with Crippen LogP contribution in [0.3, 0.4) is 0 Å². The molecule has 1 saturated heterocycles. The lowest BCUT2D eigenvalue weighted by Gasteiger charge is -2.22. The summed E-state index contributed by atoms with van der Waals surface area (Å²) in [5, 5.41) is 2.35. The molecule has 1 aromatic carbocycles. The van der Waals surface area contributed by atoms with Gasteiger partial charge in [0.1, 0.15) is 11.6 Å². The summed E-state index contributed by atoms with van der Waals surface area (Å²) in [7, 11) is 0. The number of carbonyl (C=O) groups excluding carboxylic acids is 2. The summed E-state index contributed by atoms with van der Waals surface area (Å²) in [4.78, 5) is 24.0. The molecule has 23 heavy (non-hydrogen) atoms. The fourth-order valence-electron chi connectivity index (χ4n) is 2.46. The van der Waals surface area contributed by atoms with E-state index >= 15 is 0 Å². The highest BCUT2D eigenvalue weighted by atomic mass is 19.4. The van der Waals surface area contributed by atoms with Crippen molar-refractivity contribution in [1.82, 2.24) is 5.32 Å². The Hall–Kier alpha value is -2.35. The third-order valence-electron chi connectivity index (χ3n) is 3.55. The van der Waals surface area contributed by atoms with Crippen molar-refractivity contribution < 1.29 is 31.9 Å². The van der Waals surface area contributed by atoms with Gasteiger partial charge in [0, 0.05) is 11.8 Å². The summed E-state index contributed by atoms with van der Waals surface area (Å²) in [5.41, 5.74) is -0.664. The maximum absolute atomic E-state index is 13.1. The zero-order valence-corrected chi connectivity index (χ0v) is 11.8. The second-order valence-corrected chi connectivity index (χ2v) is 5.12. The molecule has 1 atom stereocenters. The van der Waals surface area contributed by atoms with Crippen LogP contribution >= 0.6 is 0 Å². The number of ether oxygens (including phenoxy) is 1. The summed E-state index contributed by atoms with van der Waals surface area (Å²) >= 11 is 0. The molecule has 0 spiro atoms. The molecular formula is C15H12F3NO4. The Bertz CT molecular complexity index is 766. The first-order valence-electron chi connectivity index (χ1n) is 6.88. The van der Waals surface area contributed by atoms with Gasteiger partial charge < -0.3 is 14.5 Å². The molecule has 2 heterocycles. The molecule has 0 radical (unpaired) electrons. The van der Waals surface area contributed by atoms with E-state index in [1.54, 1.807) is 0 Å². The van der Waals surface area contributed by atoms with Crippen molar-refractivity contribution in [1.29, 1.82) is 0 Å². The Balaban J connectivity index is 2.00. The van der Waals surface area contributed by atoms with Crippen LogP contribution in [0.25, 0.3) is 11.0 Å². The molecule has 1 aliphatic heterocycles. The predicted molar refractivity (Wildman–Crippen MR) is 72.9 cm³/mol. The van der Waals surface area contributed by atoms with Gasteiger partial charge >= 0.3 is 6.18 Å². The molecule has 2 aromatic rings. The van der Waals surface area contributed by atoms with Crippen molar-refractivity contribution in [3.8, 4) is 0 Å². The Kier molecular flexibility index (Phi) is 3.85. The van der Waals surface area contributed by atoms with Crippen LogP contribution in [0.2, 0.25) is 0 Å². The number of halogens is 3. The standard InChI is InChI=1S/C15H12F3NO4/c16-15(17,18)13-12(8-3-1-2-4-11(8)23-13)14(21)19-9-7-22-6-5-10(9)20/h1-4,9H,5-7H2,(H,19,21). The van der Waals surface area contributed by atoms with Crippen LogP contribution in [0.5, 0.6) is 0 Å². The number of amides is 1. The highest BCUT2D eigenvalue weighted by molar-refractivity contribution is 6.08. The number of furan rings is 1. The summed E-state index contributed by atoms with van der Waals surface area (Å²) in [5.74, 6) is -2.66. The summed E-state index contributed by atoms with van der Waals surface area (Å²) in [6, 6.07) is 4.76. The summed E-state index contributed by atoms with van der Waals surface area (Å²) in [6.45, 7) is 0.190. The fraction of sp³-hybridized carbons (Fsp3) is 0.333. The first-order valence-corrected chi connectivity index (χ1v) is 6.88. The van der Waals surface area contributed by atoms with Crippen LogP contribution in [-0.4, -0.2) is 30.9 Å². The summed E-state index contributed by atoms with van der Waals surface area (Å²) in [6.07, 6.45) is -4.71. The van der Waals surface area contributed by atoms with E-state index in [0.29, 0.717) is 0 Å². The lowest BCUT2D eigenvalue weighted by atomic mass is 10.1. The molecule has 122 valence electrons. The molecule has 0 aliphatic carbocycles. The smallest absolute Gasteiger partial charge is 0.450 e. The maximum Gasteiger partial charge on any atom is 0.450 e. The van der Waals surface area contributed by atoms with Gasteiger partial charge in [-0.05, 0) is 6.07 Å². The number of fused-ring (bicyclic) bond motifs is 1. The van der Waals surface area contributed by atoms with E-state index in [9.17, 15) is 22.8 Å². The molecule has 1 aliphatic rings. The number of nitrogens with one attached hydrogen (secondary N) is 1. The van der Waals surface area contributed by atoms with Crippen molar-refractivity contribution >= 4 is 22.7 Å². The lowest BCUT2D eigenvalue weighted by Crippen LogP contribution is -2.47. The monoisotopic (exact) mass is 327 g/mol. The highest BCUT2D eigenvalue weighted by Gasteiger charge is 2.41. The van der Waals surface area contributed by atoms with Crippen LogP contribution in [0.15, 0.2) is 28.7 Å². The van der Waals surface area contributed by atoms with Crippen LogP contribution < -0.4 is 5.32 Å². The van der Waals surface area contributed by atoms with Gasteiger partial charge in [0.05, 0.1) is 18.8 Å². The predicted octanol–water partition coefficient (Wildman–Crippen LogP) is 2.54. The average Bonchev–Trinajstić information content (AvgIpc) is 2.89. The summed E-state index contributed by atoms with van der Waals surface area (Å²) < 4.78 is 49.3. The second-order valence-electron chi connectivity index (χ2n) is 5.12. The zero-order chi connectivity index (χ0) is 16.6. The van der Waals surface area contributed by atoms with Gasteiger partial charge in [0.2, 0.25) is 5.76 Å². The molecular weight excluding hydrogens is 315 g/mol. The molecule has 3 rings (SSSR count). The first-order chi connectivity index (χ1) is 10.9. The normalized spacial score (nSPS) is 19.1. The quantitative estimate of drug-likeness (QED) is 0.920. The van der Waals surface area contributed by atoms with Crippen LogP contribution in [0, 0.1) is 0 Å². The van der Waals surface area contributed by atoms with Gasteiger partial charge in [-0.2, -0.15) is 13.2 Å². The van der Waals surface area contributed by atoms with Crippen LogP contribution in [0.1, 0.15) is 22.5 Å². The number of benzene rings is 1. The van der Waals surface area contributed by atoms with Gasteiger partial charge in [0.15, 0.2) is 5.78 Å². The lowest BCUT2D eigenvalue weighted by molar-refractivity contribution is -0.152. The van der Waals surface area contributed by atoms with E-state index in [1.165, 1.54) is 24.3 Å². The third kappa shape index (κ3) is 2.94. The van der Waals surface area contributed by atoms with E-state index in [-0.39, 0.29) is 36.4 Å². The van der Waals surface area contributed by atoms with Gasteiger partial charge in [-0.15, -0.1) is 0 Å². The number of alkyl halides is 3. The van der Waals surface area contributed by atoms with Crippen molar-refractivity contribution in [2.75, 3.05) is 13.2 Å². The van der Waals surface area contributed by atoms with Crippen molar-refractivity contribution in [2.45, 2.75) is 18.6 Å². The average molecular weight is 327 g/mol. The van der Waals surface area contributed by atoms with Gasteiger partial charge in [0.25, 0.3) is 5.91 Å². The molecule has 1 unspecified atom stereocenters.